The van der Waals surface area contributed by atoms with Crippen molar-refractivity contribution in [3.63, 3.8) is 0 Å². The van der Waals surface area contributed by atoms with Gasteiger partial charge in [-0.2, -0.15) is 5.10 Å². The molecule has 0 amide bonds. The van der Waals surface area contributed by atoms with Crippen molar-refractivity contribution in [2.24, 2.45) is 0 Å². The lowest BCUT2D eigenvalue weighted by atomic mass is 10.3. The molecule has 0 unspecified atom stereocenters. The number of carbonyl (C=O) groups is 1. The fourth-order valence-electron chi connectivity index (χ4n) is 0.899. The van der Waals surface area contributed by atoms with Crippen molar-refractivity contribution in [3.05, 3.63) is 36.2 Å². The van der Waals surface area contributed by atoms with Crippen LogP contribution in [0, 0.1) is 0 Å². The third-order valence-electron chi connectivity index (χ3n) is 1.46. The van der Waals surface area contributed by atoms with Gasteiger partial charge in [-0.05, 0) is 6.07 Å². The molecule has 0 aliphatic rings. The summed E-state index contributed by atoms with van der Waals surface area (Å²) >= 11 is 0. The zero-order chi connectivity index (χ0) is 8.39. The number of nitrogens with one attached hydrogen (secondary N) is 2. The zero-order valence-electron chi connectivity index (χ0n) is 6.11. The first-order valence-electron chi connectivity index (χ1n) is 3.41. The highest BCUT2D eigenvalue weighted by Crippen LogP contribution is 2.00. The third kappa shape index (κ3) is 1.01. The Kier molecular flexibility index (Phi) is 1.48. The molecule has 0 radical (unpaired) electrons. The van der Waals surface area contributed by atoms with Gasteiger partial charge in [-0.1, -0.05) is 0 Å². The van der Waals surface area contributed by atoms with Crippen LogP contribution in [0.15, 0.2) is 24.7 Å². The Morgan fingerprint density at radius 1 is 1.42 bits per heavy atom. The van der Waals surface area contributed by atoms with Crippen LogP contribution in [0.1, 0.15) is 16.3 Å². The predicted octanol–water partition coefficient (Wildman–Crippen LogP) is 0.364. The van der Waals surface area contributed by atoms with E-state index in [1.807, 2.05) is 0 Å². The van der Waals surface area contributed by atoms with Gasteiger partial charge in [0.05, 0.1) is 0 Å². The van der Waals surface area contributed by atoms with E-state index in [1.54, 1.807) is 12.3 Å². The Bertz CT molecular complexity index is 326. The van der Waals surface area contributed by atoms with Crippen molar-refractivity contribution in [2.45, 2.75) is 0 Å². The monoisotopic (exact) mass is 162 g/mol. The number of nitrogens with zero attached hydrogens (tertiary/aromatic N) is 2. The number of carbonyl (C=O) groups excluding carboxylic acids is 1. The molecule has 5 heteroatoms. The van der Waals surface area contributed by atoms with Crippen molar-refractivity contribution in [2.75, 3.05) is 0 Å². The van der Waals surface area contributed by atoms with E-state index in [4.69, 9.17) is 0 Å². The van der Waals surface area contributed by atoms with Crippen molar-refractivity contribution in [1.29, 1.82) is 0 Å². The summed E-state index contributed by atoms with van der Waals surface area (Å²) in [7, 11) is 0. The van der Waals surface area contributed by atoms with E-state index in [0.29, 0.717) is 11.5 Å². The fraction of sp³-hybridized carbons (Fsp3) is 0. The van der Waals surface area contributed by atoms with Gasteiger partial charge in [0, 0.05) is 18.6 Å². The van der Waals surface area contributed by atoms with Crippen LogP contribution in [0.25, 0.3) is 0 Å². The number of rotatable bonds is 2. The second kappa shape index (κ2) is 2.61. The zero-order valence-corrected chi connectivity index (χ0v) is 6.11. The summed E-state index contributed by atoms with van der Waals surface area (Å²) in [5, 5.41) is 6.23. The number of hydrogen-bond acceptors (Lipinski definition) is 3. The van der Waals surface area contributed by atoms with Crippen molar-refractivity contribution in [3.8, 4) is 0 Å². The summed E-state index contributed by atoms with van der Waals surface area (Å²) in [5.74, 6) is 0.136. The molecule has 0 aromatic carbocycles. The van der Waals surface area contributed by atoms with Gasteiger partial charge in [0.25, 0.3) is 0 Å². The van der Waals surface area contributed by atoms with Crippen LogP contribution in [0.5, 0.6) is 0 Å². The lowest BCUT2D eigenvalue weighted by Gasteiger charge is -1.89. The molecular weight excluding hydrogens is 156 g/mol. The maximum atomic E-state index is 11.4. The van der Waals surface area contributed by atoms with Gasteiger partial charge >= 0.3 is 0 Å². The standard InChI is InChI=1S/C7H6N4O/c12-6(5-1-2-10-11-5)7-8-3-4-9-7/h1-4H,(H,8,9)(H,10,11). The lowest BCUT2D eigenvalue weighted by molar-refractivity contribution is 0.102. The quantitative estimate of drug-likeness (QED) is 0.626. The summed E-state index contributed by atoms with van der Waals surface area (Å²) in [5.41, 5.74) is 0.435. The largest absolute Gasteiger partial charge is 0.342 e. The Balaban J connectivity index is 2.34. The van der Waals surface area contributed by atoms with Gasteiger partial charge in [0.1, 0.15) is 5.69 Å². The SMILES string of the molecule is O=C(c1ccn[nH]1)c1ncc[nH]1. The average Bonchev–Trinajstić information content (AvgIpc) is 2.77. The van der Waals surface area contributed by atoms with Crippen molar-refractivity contribution >= 4 is 5.78 Å². The highest BCUT2D eigenvalue weighted by molar-refractivity contribution is 6.04. The molecule has 2 N–H and O–H groups in total. The summed E-state index contributed by atoms with van der Waals surface area (Å²) < 4.78 is 0. The number of aromatic nitrogens is 4. The van der Waals surface area contributed by atoms with E-state index < -0.39 is 0 Å². The minimum absolute atomic E-state index is 0.183. The molecule has 5 nitrogen and oxygen atoms in total. The molecule has 12 heavy (non-hydrogen) atoms. The smallest absolute Gasteiger partial charge is 0.245 e. The minimum atomic E-state index is -0.183. The number of H-pyrrole nitrogens is 2. The molecule has 2 aromatic rings. The average molecular weight is 162 g/mol. The maximum absolute atomic E-state index is 11.4. The Hall–Kier alpha value is -1.91. The second-order valence-corrected chi connectivity index (χ2v) is 2.24. The first-order valence-corrected chi connectivity index (χ1v) is 3.41. The molecular formula is C7H6N4O. The molecule has 2 heterocycles. The third-order valence-corrected chi connectivity index (χ3v) is 1.46. The van der Waals surface area contributed by atoms with Gasteiger partial charge in [0.2, 0.25) is 5.78 Å². The van der Waals surface area contributed by atoms with Crippen LogP contribution >= 0.6 is 0 Å². The Morgan fingerprint density at radius 3 is 2.92 bits per heavy atom. The molecule has 0 saturated heterocycles. The molecule has 0 aliphatic carbocycles. The van der Waals surface area contributed by atoms with Crippen molar-refractivity contribution in [1.82, 2.24) is 20.2 Å². The van der Waals surface area contributed by atoms with E-state index in [1.165, 1.54) is 12.4 Å². The van der Waals surface area contributed by atoms with Gasteiger partial charge in [0.15, 0.2) is 5.82 Å². The highest BCUT2D eigenvalue weighted by Gasteiger charge is 2.11. The van der Waals surface area contributed by atoms with Gasteiger partial charge in [-0.15, -0.1) is 0 Å². The Labute approximate surface area is 67.8 Å². The van der Waals surface area contributed by atoms with Crippen LogP contribution < -0.4 is 0 Å². The van der Waals surface area contributed by atoms with Crippen LogP contribution in [0.4, 0.5) is 0 Å². The summed E-state index contributed by atoms with van der Waals surface area (Å²) in [6.45, 7) is 0. The van der Waals surface area contributed by atoms with Gasteiger partial charge in [-0.25, -0.2) is 4.98 Å². The van der Waals surface area contributed by atoms with E-state index in [2.05, 4.69) is 20.2 Å². The summed E-state index contributed by atoms with van der Waals surface area (Å²) in [6, 6.07) is 1.60. The van der Waals surface area contributed by atoms with E-state index in [0.717, 1.165) is 0 Å². The molecule has 60 valence electrons. The van der Waals surface area contributed by atoms with Crippen LogP contribution in [-0.4, -0.2) is 25.9 Å². The first-order chi connectivity index (χ1) is 5.88. The molecule has 2 aromatic heterocycles. The summed E-state index contributed by atoms with van der Waals surface area (Å²) in [6.07, 6.45) is 4.66. The molecule has 0 saturated carbocycles. The second-order valence-electron chi connectivity index (χ2n) is 2.24. The van der Waals surface area contributed by atoms with Gasteiger partial charge < -0.3 is 4.98 Å². The molecule has 0 bridgehead atoms. The van der Waals surface area contributed by atoms with Crippen molar-refractivity contribution < 1.29 is 4.79 Å². The number of aromatic amines is 2. The van der Waals surface area contributed by atoms with Gasteiger partial charge in [-0.3, -0.25) is 9.89 Å². The molecule has 0 fully saturated rings. The molecule has 0 aliphatic heterocycles. The fourth-order valence-corrected chi connectivity index (χ4v) is 0.899. The number of hydrogen-bond donors (Lipinski definition) is 2. The summed E-state index contributed by atoms with van der Waals surface area (Å²) in [4.78, 5) is 17.9. The minimum Gasteiger partial charge on any atom is -0.342 e. The molecule has 0 atom stereocenters. The highest BCUT2D eigenvalue weighted by atomic mass is 16.1. The Morgan fingerprint density at radius 2 is 2.33 bits per heavy atom. The topological polar surface area (TPSA) is 74.4 Å². The molecule has 0 spiro atoms. The van der Waals surface area contributed by atoms with Crippen LogP contribution in [0.3, 0.4) is 0 Å². The maximum Gasteiger partial charge on any atom is 0.245 e. The number of imidazole rings is 1. The van der Waals surface area contributed by atoms with Crippen LogP contribution in [0.2, 0.25) is 0 Å². The lowest BCUT2D eigenvalue weighted by Crippen LogP contribution is -2.03. The first kappa shape index (κ1) is 6.78. The normalized spacial score (nSPS) is 10.0. The number of ketones is 1. The molecule has 2 rings (SSSR count). The van der Waals surface area contributed by atoms with E-state index in [9.17, 15) is 4.79 Å². The van der Waals surface area contributed by atoms with E-state index in [-0.39, 0.29) is 5.78 Å². The predicted molar refractivity (Wildman–Crippen MR) is 40.6 cm³/mol. The van der Waals surface area contributed by atoms with E-state index >= 15 is 0 Å². The van der Waals surface area contributed by atoms with Crippen LogP contribution in [-0.2, 0) is 0 Å².